The Morgan fingerprint density at radius 1 is 1.15 bits per heavy atom. The Bertz CT molecular complexity index is 540. The number of aryl methyl sites for hydroxylation is 1. The van der Waals surface area contributed by atoms with Gasteiger partial charge in [0.15, 0.2) is 5.16 Å². The Labute approximate surface area is 123 Å². The molecule has 2 N–H and O–H groups in total. The van der Waals surface area contributed by atoms with Crippen LogP contribution in [-0.4, -0.2) is 23.1 Å². The summed E-state index contributed by atoms with van der Waals surface area (Å²) >= 11 is 1.58. The summed E-state index contributed by atoms with van der Waals surface area (Å²) in [6, 6.07) is 7.96. The summed E-state index contributed by atoms with van der Waals surface area (Å²) in [5.41, 5.74) is 8.31. The van der Waals surface area contributed by atoms with Gasteiger partial charge in [-0.15, -0.1) is 0 Å². The van der Waals surface area contributed by atoms with Crippen molar-refractivity contribution in [2.75, 3.05) is 7.11 Å². The van der Waals surface area contributed by atoms with E-state index in [-0.39, 0.29) is 11.3 Å². The molecule has 0 spiro atoms. The zero-order valence-corrected chi connectivity index (χ0v) is 12.7. The van der Waals surface area contributed by atoms with E-state index in [9.17, 15) is 0 Å². The second-order valence-corrected chi connectivity index (χ2v) is 5.82. The highest BCUT2D eigenvalue weighted by atomic mass is 32.2. The fourth-order valence-electron chi connectivity index (χ4n) is 1.83. The molecule has 1 heterocycles. The van der Waals surface area contributed by atoms with Gasteiger partial charge in [0.25, 0.3) is 0 Å². The summed E-state index contributed by atoms with van der Waals surface area (Å²) in [4.78, 5) is 8.66. The Balaban J connectivity index is 2.19. The van der Waals surface area contributed by atoms with E-state index in [1.54, 1.807) is 18.9 Å². The molecule has 0 radical (unpaired) electrons. The SMILES string of the molecule is COc1ccc(C(Sc2ncc(C)cn2)C(C)N)cc1. The Hall–Kier alpha value is -1.59. The molecule has 0 bridgehead atoms. The summed E-state index contributed by atoms with van der Waals surface area (Å²) in [6.45, 7) is 3.97. The maximum Gasteiger partial charge on any atom is 0.188 e. The smallest absolute Gasteiger partial charge is 0.188 e. The Morgan fingerprint density at radius 2 is 1.75 bits per heavy atom. The standard InChI is InChI=1S/C15H19N3OS/c1-10-8-17-15(18-9-10)20-14(11(2)16)12-4-6-13(19-3)7-5-12/h4-9,11,14H,16H2,1-3H3. The van der Waals surface area contributed by atoms with E-state index in [1.165, 1.54) is 0 Å². The Kier molecular flexibility index (Phi) is 4.98. The van der Waals surface area contributed by atoms with E-state index in [0.717, 1.165) is 22.0 Å². The molecule has 4 nitrogen and oxygen atoms in total. The number of thioether (sulfide) groups is 1. The molecule has 0 saturated carbocycles. The number of rotatable bonds is 5. The predicted octanol–water partition coefficient (Wildman–Crippen LogP) is 2.97. The summed E-state index contributed by atoms with van der Waals surface area (Å²) in [5.74, 6) is 0.841. The summed E-state index contributed by atoms with van der Waals surface area (Å²) in [6.07, 6.45) is 3.64. The van der Waals surface area contributed by atoms with Crippen molar-refractivity contribution in [2.24, 2.45) is 5.73 Å². The van der Waals surface area contributed by atoms with Crippen LogP contribution in [-0.2, 0) is 0 Å². The number of benzene rings is 1. The topological polar surface area (TPSA) is 61.0 Å². The monoisotopic (exact) mass is 289 g/mol. The van der Waals surface area contributed by atoms with Crippen LogP contribution in [0.15, 0.2) is 41.8 Å². The zero-order valence-electron chi connectivity index (χ0n) is 11.9. The lowest BCUT2D eigenvalue weighted by atomic mass is 10.1. The van der Waals surface area contributed by atoms with Gasteiger partial charge >= 0.3 is 0 Å². The minimum absolute atomic E-state index is 0.00158. The molecule has 2 unspecified atom stereocenters. The molecule has 0 aliphatic heterocycles. The maximum absolute atomic E-state index is 6.11. The highest BCUT2D eigenvalue weighted by molar-refractivity contribution is 7.99. The van der Waals surface area contributed by atoms with Gasteiger partial charge in [-0.3, -0.25) is 0 Å². The van der Waals surface area contributed by atoms with Crippen molar-refractivity contribution in [1.29, 1.82) is 0 Å². The third kappa shape index (κ3) is 3.71. The average molecular weight is 289 g/mol. The van der Waals surface area contributed by atoms with E-state index in [4.69, 9.17) is 10.5 Å². The van der Waals surface area contributed by atoms with E-state index in [0.29, 0.717) is 0 Å². The fourth-order valence-corrected chi connectivity index (χ4v) is 2.79. The first-order valence-electron chi connectivity index (χ1n) is 6.45. The van der Waals surface area contributed by atoms with Crippen molar-refractivity contribution < 1.29 is 4.74 Å². The summed E-state index contributed by atoms with van der Waals surface area (Å²) in [7, 11) is 1.66. The lowest BCUT2D eigenvalue weighted by Gasteiger charge is -2.20. The van der Waals surface area contributed by atoms with Crippen LogP contribution in [0, 0.1) is 6.92 Å². The zero-order chi connectivity index (χ0) is 14.5. The Morgan fingerprint density at radius 3 is 2.25 bits per heavy atom. The number of nitrogens with two attached hydrogens (primary N) is 1. The van der Waals surface area contributed by atoms with Gasteiger partial charge in [-0.05, 0) is 37.1 Å². The molecule has 0 fully saturated rings. The molecule has 1 aromatic carbocycles. The van der Waals surface area contributed by atoms with Crippen molar-refractivity contribution in [1.82, 2.24) is 9.97 Å². The first-order valence-corrected chi connectivity index (χ1v) is 7.33. The maximum atomic E-state index is 6.11. The van der Waals surface area contributed by atoms with Gasteiger partial charge in [0.05, 0.1) is 12.4 Å². The lowest BCUT2D eigenvalue weighted by molar-refractivity contribution is 0.414. The van der Waals surface area contributed by atoms with Crippen molar-refractivity contribution in [3.05, 3.63) is 47.8 Å². The first kappa shape index (κ1) is 14.8. The third-order valence-corrected chi connectivity index (χ3v) is 4.29. The molecule has 20 heavy (non-hydrogen) atoms. The van der Waals surface area contributed by atoms with Crippen molar-refractivity contribution in [3.8, 4) is 5.75 Å². The van der Waals surface area contributed by atoms with Gasteiger partial charge in [0.1, 0.15) is 5.75 Å². The highest BCUT2D eigenvalue weighted by Gasteiger charge is 2.19. The van der Waals surface area contributed by atoms with Crippen LogP contribution in [0.25, 0.3) is 0 Å². The minimum Gasteiger partial charge on any atom is -0.497 e. The number of hydrogen-bond donors (Lipinski definition) is 1. The number of methoxy groups -OCH3 is 1. The van der Waals surface area contributed by atoms with E-state index in [1.807, 2.05) is 50.5 Å². The molecular weight excluding hydrogens is 270 g/mol. The molecule has 5 heteroatoms. The predicted molar refractivity (Wildman–Crippen MR) is 82.0 cm³/mol. The number of nitrogens with zero attached hydrogens (tertiary/aromatic N) is 2. The summed E-state index contributed by atoms with van der Waals surface area (Å²) in [5, 5.41) is 0.859. The van der Waals surface area contributed by atoms with E-state index < -0.39 is 0 Å². The molecule has 0 amide bonds. The molecular formula is C15H19N3OS. The van der Waals surface area contributed by atoms with Crippen LogP contribution in [0.3, 0.4) is 0 Å². The second kappa shape index (κ2) is 6.72. The number of aromatic nitrogens is 2. The number of hydrogen-bond acceptors (Lipinski definition) is 5. The van der Waals surface area contributed by atoms with Crippen molar-refractivity contribution in [2.45, 2.75) is 30.3 Å². The van der Waals surface area contributed by atoms with Gasteiger partial charge in [0.2, 0.25) is 0 Å². The van der Waals surface area contributed by atoms with Gasteiger partial charge < -0.3 is 10.5 Å². The molecule has 0 aliphatic rings. The van der Waals surface area contributed by atoms with Crippen LogP contribution in [0.5, 0.6) is 5.75 Å². The fraction of sp³-hybridized carbons (Fsp3) is 0.333. The molecule has 0 saturated heterocycles. The highest BCUT2D eigenvalue weighted by Crippen LogP contribution is 2.35. The average Bonchev–Trinajstić information content (AvgIpc) is 2.46. The lowest BCUT2D eigenvalue weighted by Crippen LogP contribution is -2.22. The van der Waals surface area contributed by atoms with Crippen LogP contribution >= 0.6 is 11.8 Å². The van der Waals surface area contributed by atoms with Crippen LogP contribution in [0.4, 0.5) is 0 Å². The molecule has 1 aromatic heterocycles. The van der Waals surface area contributed by atoms with Gasteiger partial charge in [-0.2, -0.15) is 0 Å². The quantitative estimate of drug-likeness (QED) is 0.677. The molecule has 106 valence electrons. The van der Waals surface area contributed by atoms with Gasteiger partial charge in [-0.25, -0.2) is 9.97 Å². The van der Waals surface area contributed by atoms with E-state index >= 15 is 0 Å². The second-order valence-electron chi connectivity index (χ2n) is 4.71. The molecule has 2 rings (SSSR count). The number of ether oxygens (including phenoxy) is 1. The van der Waals surface area contributed by atoms with E-state index in [2.05, 4.69) is 9.97 Å². The van der Waals surface area contributed by atoms with Crippen LogP contribution < -0.4 is 10.5 Å². The minimum atomic E-state index is -0.00158. The summed E-state index contributed by atoms with van der Waals surface area (Å²) < 4.78 is 5.18. The third-order valence-electron chi connectivity index (χ3n) is 2.91. The van der Waals surface area contributed by atoms with Gasteiger partial charge in [-0.1, -0.05) is 23.9 Å². The largest absolute Gasteiger partial charge is 0.497 e. The van der Waals surface area contributed by atoms with Crippen LogP contribution in [0.2, 0.25) is 0 Å². The first-order chi connectivity index (χ1) is 9.60. The van der Waals surface area contributed by atoms with Crippen molar-refractivity contribution in [3.63, 3.8) is 0 Å². The van der Waals surface area contributed by atoms with Crippen LogP contribution in [0.1, 0.15) is 23.3 Å². The molecule has 2 aromatic rings. The molecule has 0 aliphatic carbocycles. The molecule has 2 atom stereocenters. The normalized spacial score (nSPS) is 13.8. The van der Waals surface area contributed by atoms with Gasteiger partial charge in [0, 0.05) is 18.4 Å². The van der Waals surface area contributed by atoms with Crippen molar-refractivity contribution >= 4 is 11.8 Å².